The van der Waals surface area contributed by atoms with Gasteiger partial charge in [0.1, 0.15) is 47.1 Å². The zero-order chi connectivity index (χ0) is 32.2. The summed E-state index contributed by atoms with van der Waals surface area (Å²) in [6.07, 6.45) is -2.55. The molecule has 3 N–H and O–H groups in total. The standard InChI is InChI=1S/C31H33F6N7O2/c1-12-22(31(35,36)37)18(8-19(38)23(12)33)25-24(34)26-21-28(42-30(41-26)45-11-17-5-4-16-7-14(32)9-43(16)17)44-10-15-3-6-20(39-15)27(44)13(2)46-29(21)40-25/h8,13-17,20,27,39H,3-7,9-11,38H2,1-2H3/t13-,14+,15+,16+,17-,20-,27+/m0/s1. The molecule has 3 aromatic rings. The highest BCUT2D eigenvalue weighted by Gasteiger charge is 2.48. The second-order valence-electron chi connectivity index (χ2n) is 13.2. The number of halogens is 6. The molecule has 0 radical (unpaired) electrons. The number of alkyl halides is 4. The molecule has 1 aromatic carbocycles. The summed E-state index contributed by atoms with van der Waals surface area (Å²) in [4.78, 5) is 17.6. The number of pyridine rings is 1. The Kier molecular flexibility index (Phi) is 6.77. The van der Waals surface area contributed by atoms with Gasteiger partial charge in [-0.3, -0.25) is 4.90 Å². The van der Waals surface area contributed by atoms with Crippen LogP contribution in [-0.4, -0.2) is 82.0 Å². The molecule has 0 spiro atoms. The fraction of sp³-hybridized carbons (Fsp3) is 0.581. The molecule has 5 aliphatic rings. The van der Waals surface area contributed by atoms with Crippen molar-refractivity contribution >= 4 is 22.4 Å². The summed E-state index contributed by atoms with van der Waals surface area (Å²) in [5, 5.41) is 3.71. The van der Waals surface area contributed by atoms with Crippen LogP contribution in [0.25, 0.3) is 22.2 Å². The number of nitrogens with zero attached hydrogens (tertiary/aromatic N) is 5. The highest BCUT2D eigenvalue weighted by atomic mass is 19.4. The zero-order valence-electron chi connectivity index (χ0n) is 25.2. The quantitative estimate of drug-likeness (QED) is 0.301. The summed E-state index contributed by atoms with van der Waals surface area (Å²) in [7, 11) is 0. The van der Waals surface area contributed by atoms with Crippen molar-refractivity contribution in [2.45, 2.75) is 94.6 Å². The number of nitrogens with two attached hydrogens (primary N) is 1. The topological polar surface area (TPSA) is 102 Å². The van der Waals surface area contributed by atoms with E-state index in [2.05, 4.69) is 20.2 Å². The fourth-order valence-corrected chi connectivity index (χ4v) is 8.42. The first-order valence-electron chi connectivity index (χ1n) is 15.7. The number of hydrogen-bond acceptors (Lipinski definition) is 9. The van der Waals surface area contributed by atoms with Crippen LogP contribution in [0.3, 0.4) is 0 Å². The van der Waals surface area contributed by atoms with Crippen LogP contribution in [0.4, 0.5) is 37.8 Å². The van der Waals surface area contributed by atoms with E-state index in [1.54, 1.807) is 0 Å². The lowest BCUT2D eigenvalue weighted by molar-refractivity contribution is -0.137. The van der Waals surface area contributed by atoms with Gasteiger partial charge < -0.3 is 25.4 Å². The molecular formula is C31H33F6N7O2. The van der Waals surface area contributed by atoms with E-state index in [1.807, 2.05) is 11.8 Å². The lowest BCUT2D eigenvalue weighted by Gasteiger charge is -2.42. The van der Waals surface area contributed by atoms with Crippen molar-refractivity contribution in [3.8, 4) is 23.1 Å². The van der Waals surface area contributed by atoms with Crippen LogP contribution in [0, 0.1) is 18.6 Å². The average molecular weight is 650 g/mol. The number of nitrogen functional groups attached to an aromatic ring is 1. The van der Waals surface area contributed by atoms with E-state index in [1.165, 1.54) is 0 Å². The molecule has 0 saturated carbocycles. The lowest BCUT2D eigenvalue weighted by atomic mass is 9.96. The smallest absolute Gasteiger partial charge is 0.417 e. The number of piperazine rings is 1. The van der Waals surface area contributed by atoms with Crippen molar-refractivity contribution in [3.63, 3.8) is 0 Å². The molecule has 9 nitrogen and oxygen atoms in total. The van der Waals surface area contributed by atoms with Crippen LogP contribution in [0.5, 0.6) is 11.9 Å². The van der Waals surface area contributed by atoms with Gasteiger partial charge in [0.25, 0.3) is 0 Å². The predicted octanol–water partition coefficient (Wildman–Crippen LogP) is 4.92. The highest BCUT2D eigenvalue weighted by molar-refractivity contribution is 5.97. The molecule has 0 aliphatic carbocycles. The van der Waals surface area contributed by atoms with Gasteiger partial charge in [0.05, 0.1) is 17.3 Å². The van der Waals surface area contributed by atoms with E-state index in [0.717, 1.165) is 38.7 Å². The number of ether oxygens (including phenoxy) is 2. The van der Waals surface area contributed by atoms with Gasteiger partial charge in [-0.1, -0.05) is 0 Å². The maximum Gasteiger partial charge on any atom is 0.417 e. The third-order valence-electron chi connectivity index (χ3n) is 10.4. The lowest BCUT2D eigenvalue weighted by Crippen LogP contribution is -2.62. The number of rotatable bonds is 4. The molecule has 4 fully saturated rings. The number of nitrogens with one attached hydrogen (secondary N) is 1. The van der Waals surface area contributed by atoms with Crippen molar-refractivity contribution in [1.82, 2.24) is 25.2 Å². The highest BCUT2D eigenvalue weighted by Crippen LogP contribution is 2.47. The minimum absolute atomic E-state index is 0.0253. The molecule has 15 heteroatoms. The van der Waals surface area contributed by atoms with E-state index in [4.69, 9.17) is 20.2 Å². The Balaban J connectivity index is 1.30. The molecule has 0 unspecified atom stereocenters. The summed E-state index contributed by atoms with van der Waals surface area (Å²) >= 11 is 0. The van der Waals surface area contributed by atoms with Gasteiger partial charge in [-0.2, -0.15) is 23.1 Å². The van der Waals surface area contributed by atoms with E-state index < -0.39 is 58.2 Å². The second kappa shape index (κ2) is 10.5. The van der Waals surface area contributed by atoms with E-state index in [9.17, 15) is 22.0 Å². The maximum atomic E-state index is 16.7. The Morgan fingerprint density at radius 3 is 2.67 bits per heavy atom. The monoisotopic (exact) mass is 649 g/mol. The fourth-order valence-electron chi connectivity index (χ4n) is 8.42. The normalized spacial score (nSPS) is 30.3. The largest absolute Gasteiger partial charge is 0.472 e. The van der Waals surface area contributed by atoms with Crippen LogP contribution in [0.15, 0.2) is 6.07 Å². The zero-order valence-corrected chi connectivity index (χ0v) is 25.2. The molecule has 0 amide bonds. The summed E-state index contributed by atoms with van der Waals surface area (Å²) in [6, 6.07) is 0.576. The molecule has 2 aromatic heterocycles. The van der Waals surface area contributed by atoms with Gasteiger partial charge in [-0.05, 0) is 57.6 Å². The van der Waals surface area contributed by atoms with Gasteiger partial charge in [0.2, 0.25) is 5.88 Å². The summed E-state index contributed by atoms with van der Waals surface area (Å²) in [6.45, 7) is 3.76. The third kappa shape index (κ3) is 4.55. The van der Waals surface area contributed by atoms with Crippen LogP contribution in [0.2, 0.25) is 0 Å². The molecular weight excluding hydrogens is 616 g/mol. The Morgan fingerprint density at radius 1 is 1.09 bits per heavy atom. The number of anilines is 2. The Morgan fingerprint density at radius 2 is 1.89 bits per heavy atom. The first kappa shape index (κ1) is 29.8. The first-order chi connectivity index (χ1) is 21.9. The minimum Gasteiger partial charge on any atom is -0.472 e. The molecule has 5 aliphatic heterocycles. The number of fused-ring (bicyclic) bond motifs is 6. The minimum atomic E-state index is -5.05. The summed E-state index contributed by atoms with van der Waals surface area (Å²) < 4.78 is 101. The van der Waals surface area contributed by atoms with Gasteiger partial charge >= 0.3 is 12.2 Å². The molecule has 7 atom stereocenters. The molecule has 2 bridgehead atoms. The Hall–Kier alpha value is -3.59. The molecule has 46 heavy (non-hydrogen) atoms. The van der Waals surface area contributed by atoms with E-state index >= 15 is 4.39 Å². The second-order valence-corrected chi connectivity index (χ2v) is 13.2. The Bertz CT molecular complexity index is 1740. The number of benzene rings is 1. The summed E-state index contributed by atoms with van der Waals surface area (Å²) in [5.74, 6) is -2.23. The van der Waals surface area contributed by atoms with Crippen LogP contribution < -0.4 is 25.4 Å². The van der Waals surface area contributed by atoms with Crippen molar-refractivity contribution in [3.05, 3.63) is 28.8 Å². The molecule has 4 saturated heterocycles. The summed E-state index contributed by atoms with van der Waals surface area (Å²) in [5.41, 5.74) is 1.22. The van der Waals surface area contributed by atoms with Gasteiger partial charge in [-0.25, -0.2) is 18.2 Å². The van der Waals surface area contributed by atoms with Crippen molar-refractivity contribution in [2.75, 3.05) is 30.3 Å². The Labute approximate surface area is 260 Å². The number of hydrogen-bond donors (Lipinski definition) is 2. The van der Waals surface area contributed by atoms with Crippen LogP contribution in [-0.2, 0) is 6.18 Å². The van der Waals surface area contributed by atoms with E-state index in [0.29, 0.717) is 25.3 Å². The first-order valence-corrected chi connectivity index (χ1v) is 15.7. The molecule has 246 valence electrons. The maximum absolute atomic E-state index is 16.7. The average Bonchev–Trinajstić information content (AvgIpc) is 3.66. The van der Waals surface area contributed by atoms with Crippen LogP contribution in [0.1, 0.15) is 50.2 Å². The van der Waals surface area contributed by atoms with Crippen molar-refractivity contribution in [2.24, 2.45) is 0 Å². The van der Waals surface area contributed by atoms with E-state index in [-0.39, 0.29) is 59.6 Å². The van der Waals surface area contributed by atoms with Crippen molar-refractivity contribution < 1.29 is 35.8 Å². The number of aromatic nitrogens is 3. The predicted molar refractivity (Wildman–Crippen MR) is 157 cm³/mol. The van der Waals surface area contributed by atoms with Gasteiger partial charge in [0, 0.05) is 42.8 Å². The molecule has 8 rings (SSSR count). The van der Waals surface area contributed by atoms with Crippen LogP contribution >= 0.6 is 0 Å². The van der Waals surface area contributed by atoms with Gasteiger partial charge in [0.15, 0.2) is 5.82 Å². The van der Waals surface area contributed by atoms with Crippen molar-refractivity contribution in [1.29, 1.82) is 0 Å². The third-order valence-corrected chi connectivity index (χ3v) is 10.4. The van der Waals surface area contributed by atoms with Gasteiger partial charge in [-0.15, -0.1) is 0 Å². The SMILES string of the molecule is Cc1c(F)c(N)cc(-c2nc3c4c(nc(OC[C@@H]5CC[C@@H]6C[C@@H](F)CN65)nc4c2F)N2C[C@H]4CC[C@H](N4)[C@H]2[C@H](C)O3)c1C(F)(F)F. The molecule has 7 heterocycles.